The fourth-order valence-electron chi connectivity index (χ4n) is 1.50. The Kier molecular flexibility index (Phi) is 8.61. The Bertz CT molecular complexity index is 180. The summed E-state index contributed by atoms with van der Waals surface area (Å²) in [6.07, 6.45) is 10.1. The van der Waals surface area contributed by atoms with E-state index in [0.29, 0.717) is 12.2 Å². The van der Waals surface area contributed by atoms with Gasteiger partial charge in [-0.1, -0.05) is 44.8 Å². The lowest BCUT2D eigenvalue weighted by Gasteiger charge is -2.04. The predicted octanol–water partition coefficient (Wildman–Crippen LogP) is 4.27. The molecule has 0 aliphatic carbocycles. The highest BCUT2D eigenvalue weighted by molar-refractivity contribution is 5.78. The molecule has 0 fully saturated rings. The molecule has 0 unspecified atom stereocenters. The Balaban J connectivity index is 3.94. The smallest absolute Gasteiger partial charge is 0.133 e. The Labute approximate surface area is 88.6 Å². The summed E-state index contributed by atoms with van der Waals surface area (Å²) in [5.74, 6) is 0.295. The third-order valence-corrected chi connectivity index (χ3v) is 2.32. The van der Waals surface area contributed by atoms with Gasteiger partial charge in [-0.3, -0.25) is 4.79 Å². The van der Waals surface area contributed by atoms with Crippen LogP contribution in [0.25, 0.3) is 0 Å². The number of ketones is 1. The van der Waals surface area contributed by atoms with Crippen LogP contribution in [0, 0.1) is 0 Å². The molecule has 1 nitrogen and oxygen atoms in total. The van der Waals surface area contributed by atoms with E-state index in [1.165, 1.54) is 31.3 Å². The maximum absolute atomic E-state index is 11.0. The van der Waals surface area contributed by atoms with Gasteiger partial charge in [-0.25, -0.2) is 0 Å². The molecule has 0 saturated heterocycles. The van der Waals surface area contributed by atoms with Crippen LogP contribution in [0.2, 0.25) is 0 Å². The van der Waals surface area contributed by atoms with E-state index in [2.05, 4.69) is 19.9 Å². The number of rotatable bonds is 8. The Morgan fingerprint density at radius 2 is 1.79 bits per heavy atom. The monoisotopic (exact) mass is 196 g/mol. The predicted molar refractivity (Wildman–Crippen MR) is 62.4 cm³/mol. The van der Waals surface area contributed by atoms with E-state index in [4.69, 9.17) is 0 Å². The molecule has 0 amide bonds. The molecule has 0 heterocycles. The van der Waals surface area contributed by atoms with Crippen molar-refractivity contribution in [1.29, 1.82) is 0 Å². The van der Waals surface area contributed by atoms with Gasteiger partial charge in [0, 0.05) is 6.42 Å². The molecule has 0 N–H and O–H groups in total. The van der Waals surface area contributed by atoms with Crippen LogP contribution in [0.15, 0.2) is 11.6 Å². The highest BCUT2D eigenvalue weighted by Crippen LogP contribution is 2.14. The van der Waals surface area contributed by atoms with Crippen molar-refractivity contribution in [2.45, 2.75) is 65.7 Å². The normalized spacial score (nSPS) is 11.8. The van der Waals surface area contributed by atoms with Crippen molar-refractivity contribution in [3.8, 4) is 0 Å². The van der Waals surface area contributed by atoms with Crippen molar-refractivity contribution in [3.05, 3.63) is 11.6 Å². The third-order valence-electron chi connectivity index (χ3n) is 2.32. The summed E-state index contributed by atoms with van der Waals surface area (Å²) in [5, 5.41) is 0. The Morgan fingerprint density at radius 1 is 1.14 bits per heavy atom. The maximum atomic E-state index is 11.0. The van der Waals surface area contributed by atoms with Gasteiger partial charge < -0.3 is 0 Å². The van der Waals surface area contributed by atoms with E-state index in [1.807, 2.05) is 0 Å². The number of carbonyl (C=O) groups is 1. The number of allylic oxidation sites excluding steroid dienone is 2. The lowest BCUT2D eigenvalue weighted by molar-refractivity contribution is -0.116. The highest BCUT2D eigenvalue weighted by Gasteiger charge is 2.00. The highest BCUT2D eigenvalue weighted by atomic mass is 16.1. The van der Waals surface area contributed by atoms with Crippen molar-refractivity contribution in [2.24, 2.45) is 0 Å². The van der Waals surface area contributed by atoms with Crippen LogP contribution in [-0.4, -0.2) is 5.78 Å². The maximum Gasteiger partial charge on any atom is 0.133 e. The van der Waals surface area contributed by atoms with E-state index in [9.17, 15) is 4.79 Å². The number of hydrogen-bond acceptors (Lipinski definition) is 1. The van der Waals surface area contributed by atoms with Crippen molar-refractivity contribution in [3.63, 3.8) is 0 Å². The zero-order valence-corrected chi connectivity index (χ0v) is 9.94. The molecule has 0 aromatic heterocycles. The number of hydrogen-bond donors (Lipinski definition) is 0. The summed E-state index contributed by atoms with van der Waals surface area (Å²) >= 11 is 0. The third kappa shape index (κ3) is 8.03. The second kappa shape index (κ2) is 8.98. The number of carbonyl (C=O) groups excluding carboxylic acids is 1. The molecule has 0 saturated carbocycles. The minimum Gasteiger partial charge on any atom is -0.300 e. The molecule has 0 aromatic rings. The SMILES string of the molecule is CCCC/C=C(/CCCC)CC(C)=O. The van der Waals surface area contributed by atoms with E-state index in [0.717, 1.165) is 12.8 Å². The van der Waals surface area contributed by atoms with Gasteiger partial charge >= 0.3 is 0 Å². The standard InChI is InChI=1S/C13H24O/c1-4-6-8-10-13(9-7-5-2)11-12(3)14/h10H,4-9,11H2,1-3H3/b13-10-. The van der Waals surface area contributed by atoms with Gasteiger partial charge in [0.1, 0.15) is 5.78 Å². The first kappa shape index (κ1) is 13.4. The molecule has 1 heteroatoms. The first-order chi connectivity index (χ1) is 6.70. The van der Waals surface area contributed by atoms with E-state index >= 15 is 0 Å². The largest absolute Gasteiger partial charge is 0.300 e. The minimum absolute atomic E-state index is 0.295. The second-order valence-electron chi connectivity index (χ2n) is 3.99. The van der Waals surface area contributed by atoms with Crippen molar-refractivity contribution < 1.29 is 4.79 Å². The summed E-state index contributed by atoms with van der Waals surface area (Å²) < 4.78 is 0. The summed E-state index contributed by atoms with van der Waals surface area (Å²) in [6.45, 7) is 6.07. The molecule has 0 radical (unpaired) electrons. The first-order valence-electron chi connectivity index (χ1n) is 5.88. The topological polar surface area (TPSA) is 17.1 Å². The average Bonchev–Trinajstić information content (AvgIpc) is 2.13. The van der Waals surface area contributed by atoms with Crippen LogP contribution >= 0.6 is 0 Å². The second-order valence-corrected chi connectivity index (χ2v) is 3.99. The molecule has 0 aliphatic rings. The number of Topliss-reactive ketones (excluding diaryl/α,β-unsaturated/α-hetero) is 1. The van der Waals surface area contributed by atoms with Crippen LogP contribution in [0.4, 0.5) is 0 Å². The molecule has 0 aliphatic heterocycles. The van der Waals surface area contributed by atoms with Gasteiger partial charge in [0.15, 0.2) is 0 Å². The molecular formula is C13H24O. The van der Waals surface area contributed by atoms with E-state index in [1.54, 1.807) is 6.92 Å². The van der Waals surface area contributed by atoms with Gasteiger partial charge in [0.2, 0.25) is 0 Å². The number of unbranched alkanes of at least 4 members (excludes halogenated alkanes) is 3. The molecular weight excluding hydrogens is 172 g/mol. The lowest BCUT2D eigenvalue weighted by Crippen LogP contribution is -1.94. The summed E-state index contributed by atoms with van der Waals surface area (Å²) in [4.78, 5) is 11.0. The van der Waals surface area contributed by atoms with E-state index in [-0.39, 0.29) is 0 Å². The lowest BCUT2D eigenvalue weighted by atomic mass is 10.0. The fraction of sp³-hybridized carbons (Fsp3) is 0.769. The molecule has 0 atom stereocenters. The molecule has 0 spiro atoms. The van der Waals surface area contributed by atoms with E-state index < -0.39 is 0 Å². The molecule has 82 valence electrons. The fourth-order valence-corrected chi connectivity index (χ4v) is 1.50. The summed E-state index contributed by atoms with van der Waals surface area (Å²) in [7, 11) is 0. The van der Waals surface area contributed by atoms with Gasteiger partial charge in [-0.2, -0.15) is 0 Å². The minimum atomic E-state index is 0.295. The summed E-state index contributed by atoms with van der Waals surface area (Å²) in [6, 6.07) is 0. The van der Waals surface area contributed by atoms with Crippen molar-refractivity contribution in [1.82, 2.24) is 0 Å². The van der Waals surface area contributed by atoms with Crippen LogP contribution in [0.3, 0.4) is 0 Å². The van der Waals surface area contributed by atoms with Crippen LogP contribution in [-0.2, 0) is 4.79 Å². The van der Waals surface area contributed by atoms with Crippen LogP contribution in [0.1, 0.15) is 65.7 Å². The van der Waals surface area contributed by atoms with Crippen LogP contribution in [0.5, 0.6) is 0 Å². The van der Waals surface area contributed by atoms with Crippen molar-refractivity contribution in [2.75, 3.05) is 0 Å². The van der Waals surface area contributed by atoms with Gasteiger partial charge in [-0.15, -0.1) is 0 Å². The van der Waals surface area contributed by atoms with Crippen molar-refractivity contribution >= 4 is 5.78 Å². The Morgan fingerprint density at radius 3 is 2.29 bits per heavy atom. The molecule has 0 aromatic carbocycles. The molecule has 0 bridgehead atoms. The average molecular weight is 196 g/mol. The summed E-state index contributed by atoms with van der Waals surface area (Å²) in [5.41, 5.74) is 1.35. The zero-order valence-electron chi connectivity index (χ0n) is 9.94. The Hall–Kier alpha value is -0.590. The zero-order chi connectivity index (χ0) is 10.8. The van der Waals surface area contributed by atoms with Gasteiger partial charge in [0.25, 0.3) is 0 Å². The molecule has 14 heavy (non-hydrogen) atoms. The van der Waals surface area contributed by atoms with Crippen LogP contribution < -0.4 is 0 Å². The van der Waals surface area contributed by atoms with Gasteiger partial charge in [-0.05, 0) is 26.2 Å². The van der Waals surface area contributed by atoms with Gasteiger partial charge in [0.05, 0.1) is 0 Å². The quantitative estimate of drug-likeness (QED) is 0.418. The first-order valence-corrected chi connectivity index (χ1v) is 5.88. The molecule has 0 rings (SSSR count).